The van der Waals surface area contributed by atoms with Gasteiger partial charge in [-0.2, -0.15) is 13.2 Å². The third-order valence-electron chi connectivity index (χ3n) is 8.49. The van der Waals surface area contributed by atoms with Gasteiger partial charge in [0, 0.05) is 61.2 Å². The Hall–Kier alpha value is -5.41. The fraction of sp³-hybridized carbons (Fsp3) is 0.333. The van der Waals surface area contributed by atoms with Gasteiger partial charge in [0.05, 0.1) is 32.8 Å². The standard InChI is InChI=1S/C34H39N7O3.C2HF3O2/c1-43-26-14-13-24(31(19-26)44-2)22-41-32(15-12-23-8-4-3-5-9-23)39-40-33(41)29(38-34(42)30-21-35-16-17-36-30)18-25-20-37-28-11-7-6-10-27(25)28;3-2(4,5)1(6)7/h3-11,13-14,19-20,29-30,35-37H,12,15-18,21-22H2,1-2H3,(H,38,42);(H,6,7)/t29-,30?;/m1./s1. The summed E-state index contributed by atoms with van der Waals surface area (Å²) in [5.41, 5.74) is 4.34. The highest BCUT2D eigenvalue weighted by Crippen LogP contribution is 2.29. The number of alkyl halides is 3. The summed E-state index contributed by atoms with van der Waals surface area (Å²) in [5, 5.41) is 27.7. The molecule has 5 aromatic rings. The van der Waals surface area contributed by atoms with Gasteiger partial charge in [0.1, 0.15) is 17.3 Å². The molecule has 5 N–H and O–H groups in total. The number of H-pyrrole nitrogens is 1. The normalized spacial score (nSPS) is 15.0. The van der Waals surface area contributed by atoms with E-state index in [9.17, 15) is 18.0 Å². The van der Waals surface area contributed by atoms with E-state index >= 15 is 0 Å². The van der Waals surface area contributed by atoms with Gasteiger partial charge in [-0.3, -0.25) is 4.79 Å². The maximum atomic E-state index is 13.6. The van der Waals surface area contributed by atoms with Crippen molar-refractivity contribution in [3.63, 3.8) is 0 Å². The first-order valence-corrected chi connectivity index (χ1v) is 16.3. The molecule has 1 amide bonds. The van der Waals surface area contributed by atoms with Crippen molar-refractivity contribution < 1.29 is 37.3 Å². The van der Waals surface area contributed by atoms with E-state index in [1.807, 2.05) is 42.6 Å². The Kier molecular flexibility index (Phi) is 12.3. The zero-order valence-corrected chi connectivity index (χ0v) is 28.2. The molecule has 6 rings (SSSR count). The molecule has 0 saturated carbocycles. The molecule has 12 nitrogen and oxygen atoms in total. The van der Waals surface area contributed by atoms with Gasteiger partial charge in [-0.25, -0.2) is 4.79 Å². The number of piperazine rings is 1. The van der Waals surface area contributed by atoms with Gasteiger partial charge < -0.3 is 40.1 Å². The van der Waals surface area contributed by atoms with Crippen LogP contribution in [0.5, 0.6) is 11.5 Å². The van der Waals surface area contributed by atoms with Gasteiger partial charge in [-0.05, 0) is 35.7 Å². The fourth-order valence-corrected chi connectivity index (χ4v) is 5.86. The molecule has 51 heavy (non-hydrogen) atoms. The Bertz CT molecular complexity index is 1910. The van der Waals surface area contributed by atoms with Gasteiger partial charge in [0.25, 0.3) is 0 Å². The minimum atomic E-state index is -5.08. The molecule has 0 spiro atoms. The van der Waals surface area contributed by atoms with Crippen molar-refractivity contribution in [3.8, 4) is 11.5 Å². The number of aromatic nitrogens is 4. The SMILES string of the molecule is COc1ccc(Cn2c(CCc3ccccc3)nnc2[C@@H](Cc2c[nH]c3ccccc23)NC(=O)C2CNCCN2)c(OC)c1.O=C(O)C(F)(F)F. The summed E-state index contributed by atoms with van der Waals surface area (Å²) in [5.74, 6) is 0.160. The molecule has 1 unspecified atom stereocenters. The third-order valence-corrected chi connectivity index (χ3v) is 8.49. The number of rotatable bonds is 12. The smallest absolute Gasteiger partial charge is 0.490 e. The third kappa shape index (κ3) is 9.64. The van der Waals surface area contributed by atoms with Crippen molar-refractivity contribution >= 4 is 22.8 Å². The van der Waals surface area contributed by atoms with Crippen LogP contribution in [0.2, 0.25) is 0 Å². The number of hydrogen-bond donors (Lipinski definition) is 5. The number of ether oxygens (including phenoxy) is 2. The lowest BCUT2D eigenvalue weighted by Crippen LogP contribution is -2.56. The van der Waals surface area contributed by atoms with E-state index in [2.05, 4.69) is 61.9 Å². The van der Waals surface area contributed by atoms with Gasteiger partial charge in [0.15, 0.2) is 5.82 Å². The number of benzene rings is 3. The van der Waals surface area contributed by atoms with E-state index < -0.39 is 18.2 Å². The topological polar surface area (TPSA) is 155 Å². The Morgan fingerprint density at radius 3 is 2.41 bits per heavy atom. The van der Waals surface area contributed by atoms with Gasteiger partial charge >= 0.3 is 12.1 Å². The molecular weight excluding hydrogens is 667 g/mol. The summed E-state index contributed by atoms with van der Waals surface area (Å²) in [4.78, 5) is 25.9. The summed E-state index contributed by atoms with van der Waals surface area (Å²) in [6.45, 7) is 2.63. The number of aliphatic carboxylic acids is 1. The molecular formula is C36H40F3N7O5. The molecule has 1 saturated heterocycles. The van der Waals surface area contributed by atoms with Crippen LogP contribution >= 0.6 is 0 Å². The highest BCUT2D eigenvalue weighted by Gasteiger charge is 2.38. The van der Waals surface area contributed by atoms with Crippen molar-refractivity contribution in [2.24, 2.45) is 0 Å². The maximum Gasteiger partial charge on any atom is 0.490 e. The van der Waals surface area contributed by atoms with Gasteiger partial charge in [-0.15, -0.1) is 10.2 Å². The number of halogens is 3. The van der Waals surface area contributed by atoms with Crippen LogP contribution < -0.4 is 25.4 Å². The van der Waals surface area contributed by atoms with Crippen LogP contribution in [0.3, 0.4) is 0 Å². The van der Waals surface area contributed by atoms with Crippen LogP contribution in [0.4, 0.5) is 13.2 Å². The molecule has 1 aliphatic rings. The molecule has 1 aliphatic heterocycles. The number of fused-ring (bicyclic) bond motifs is 1. The highest BCUT2D eigenvalue weighted by molar-refractivity contribution is 5.84. The number of hydrogen-bond acceptors (Lipinski definition) is 8. The molecule has 3 aromatic carbocycles. The van der Waals surface area contributed by atoms with Crippen LogP contribution in [0.15, 0.2) is 79.0 Å². The molecule has 270 valence electrons. The number of nitrogens with one attached hydrogen (secondary N) is 4. The lowest BCUT2D eigenvalue weighted by atomic mass is 10.0. The van der Waals surface area contributed by atoms with E-state index in [1.54, 1.807) is 14.2 Å². The Balaban J connectivity index is 0.000000654. The molecule has 2 aromatic heterocycles. The second-order valence-electron chi connectivity index (χ2n) is 11.9. The number of nitrogens with zero attached hydrogens (tertiary/aromatic N) is 3. The lowest BCUT2D eigenvalue weighted by molar-refractivity contribution is -0.192. The van der Waals surface area contributed by atoms with Crippen LogP contribution in [-0.4, -0.2) is 82.8 Å². The molecule has 0 aliphatic carbocycles. The second kappa shape index (κ2) is 17.0. The Morgan fingerprint density at radius 1 is 0.980 bits per heavy atom. The Labute approximate surface area is 292 Å². The fourth-order valence-electron chi connectivity index (χ4n) is 5.86. The minimum Gasteiger partial charge on any atom is -0.497 e. The summed E-state index contributed by atoms with van der Waals surface area (Å²) in [6.07, 6.45) is -1.01. The molecule has 2 atom stereocenters. The minimum absolute atomic E-state index is 0.0653. The first-order chi connectivity index (χ1) is 24.6. The van der Waals surface area contributed by atoms with Crippen molar-refractivity contribution in [2.75, 3.05) is 33.9 Å². The van der Waals surface area contributed by atoms with Crippen LogP contribution in [-0.2, 0) is 35.4 Å². The van der Waals surface area contributed by atoms with Gasteiger partial charge in [-0.1, -0.05) is 48.5 Å². The predicted octanol–water partition coefficient (Wildman–Crippen LogP) is 4.20. The number of aryl methyl sites for hydroxylation is 2. The van der Waals surface area contributed by atoms with Crippen LogP contribution in [0, 0.1) is 0 Å². The van der Waals surface area contributed by atoms with Crippen molar-refractivity contribution in [2.45, 2.75) is 44.1 Å². The van der Waals surface area contributed by atoms with E-state index in [-0.39, 0.29) is 11.9 Å². The zero-order chi connectivity index (χ0) is 36.4. The average molecular weight is 708 g/mol. The second-order valence-corrected chi connectivity index (χ2v) is 11.9. The first kappa shape index (κ1) is 36.9. The van der Waals surface area contributed by atoms with Crippen LogP contribution in [0.25, 0.3) is 10.9 Å². The zero-order valence-electron chi connectivity index (χ0n) is 28.2. The average Bonchev–Trinajstić information content (AvgIpc) is 3.74. The van der Waals surface area contributed by atoms with Crippen molar-refractivity contribution in [1.82, 2.24) is 35.7 Å². The number of para-hydroxylation sites is 1. The molecule has 0 bridgehead atoms. The summed E-state index contributed by atoms with van der Waals surface area (Å²) < 4.78 is 45.1. The van der Waals surface area contributed by atoms with Crippen molar-refractivity contribution in [3.05, 3.63) is 107 Å². The number of methoxy groups -OCH3 is 2. The number of aromatic amines is 1. The monoisotopic (exact) mass is 707 g/mol. The number of carboxylic acid groups (broad SMARTS) is 1. The van der Waals surface area contributed by atoms with Crippen molar-refractivity contribution in [1.29, 1.82) is 0 Å². The van der Waals surface area contributed by atoms with E-state index in [0.29, 0.717) is 37.5 Å². The summed E-state index contributed by atoms with van der Waals surface area (Å²) in [6, 6.07) is 23.7. The maximum absolute atomic E-state index is 13.6. The van der Waals surface area contributed by atoms with E-state index in [0.717, 1.165) is 53.1 Å². The molecule has 0 radical (unpaired) electrons. The van der Waals surface area contributed by atoms with Gasteiger partial charge in [0.2, 0.25) is 5.91 Å². The first-order valence-electron chi connectivity index (χ1n) is 16.3. The Morgan fingerprint density at radius 2 is 1.73 bits per heavy atom. The molecule has 15 heteroatoms. The van der Waals surface area contributed by atoms with E-state index in [4.69, 9.17) is 29.6 Å². The number of carbonyl (C=O) groups excluding carboxylic acids is 1. The molecule has 1 fully saturated rings. The lowest BCUT2D eigenvalue weighted by Gasteiger charge is -2.27. The number of carbonyl (C=O) groups is 2. The quantitative estimate of drug-likeness (QED) is 0.128. The largest absolute Gasteiger partial charge is 0.497 e. The predicted molar refractivity (Wildman–Crippen MR) is 184 cm³/mol. The summed E-state index contributed by atoms with van der Waals surface area (Å²) >= 11 is 0. The number of amides is 1. The van der Waals surface area contributed by atoms with E-state index in [1.165, 1.54) is 5.56 Å². The molecule has 3 heterocycles. The summed E-state index contributed by atoms with van der Waals surface area (Å²) in [7, 11) is 3.30. The highest BCUT2D eigenvalue weighted by atomic mass is 19.4. The van der Waals surface area contributed by atoms with Crippen LogP contribution in [0.1, 0.15) is 34.4 Å². The number of carboxylic acids is 1.